The molecule has 1 aromatic rings. The molecule has 0 aliphatic carbocycles. The minimum Gasteiger partial charge on any atom is -0.462 e. The zero-order valence-corrected chi connectivity index (χ0v) is 17.7. The van der Waals surface area contributed by atoms with Gasteiger partial charge in [-0.3, -0.25) is 4.79 Å². The number of carbonyl (C=O) groups excluding carboxylic acids is 2. The van der Waals surface area contributed by atoms with E-state index in [1.54, 1.807) is 6.92 Å². The van der Waals surface area contributed by atoms with Crippen molar-refractivity contribution in [3.63, 3.8) is 0 Å². The van der Waals surface area contributed by atoms with Crippen molar-refractivity contribution in [2.45, 2.75) is 52.1 Å². The van der Waals surface area contributed by atoms with Crippen molar-refractivity contribution in [3.8, 4) is 0 Å². The van der Waals surface area contributed by atoms with E-state index in [1.807, 2.05) is 37.3 Å². The molecule has 1 unspecified atom stereocenters. The summed E-state index contributed by atoms with van der Waals surface area (Å²) in [7, 11) is 0. The van der Waals surface area contributed by atoms with Crippen molar-refractivity contribution in [2.24, 2.45) is 0 Å². The average Bonchev–Trinajstić information content (AvgIpc) is 2.72. The smallest absolute Gasteiger partial charge is 0.333 e. The number of rotatable bonds is 16. The van der Waals surface area contributed by atoms with Crippen LogP contribution in [0.15, 0.2) is 42.5 Å². The maximum atomic E-state index is 12.2. The Morgan fingerprint density at radius 1 is 0.966 bits per heavy atom. The van der Waals surface area contributed by atoms with Gasteiger partial charge in [-0.25, -0.2) is 4.79 Å². The fraction of sp³-hybridized carbons (Fsp3) is 0.565. The number of hydrogen-bond donors (Lipinski definition) is 0. The van der Waals surface area contributed by atoms with E-state index in [-0.39, 0.29) is 19.0 Å². The number of carbonyl (C=O) groups is 2. The first kappa shape index (κ1) is 24.9. The number of benzene rings is 1. The highest BCUT2D eigenvalue weighted by Gasteiger charge is 2.17. The van der Waals surface area contributed by atoms with Crippen LogP contribution in [0.5, 0.6) is 0 Å². The molecule has 0 aliphatic heterocycles. The van der Waals surface area contributed by atoms with Gasteiger partial charge >= 0.3 is 11.9 Å². The van der Waals surface area contributed by atoms with Gasteiger partial charge in [-0.05, 0) is 45.1 Å². The summed E-state index contributed by atoms with van der Waals surface area (Å²) < 4.78 is 21.7. The molecule has 1 aromatic carbocycles. The van der Waals surface area contributed by atoms with Crippen LogP contribution in [-0.2, 0) is 28.5 Å². The van der Waals surface area contributed by atoms with Crippen LogP contribution in [0.3, 0.4) is 0 Å². The van der Waals surface area contributed by atoms with Crippen molar-refractivity contribution in [2.75, 3.05) is 33.0 Å². The van der Waals surface area contributed by atoms with Gasteiger partial charge in [0.25, 0.3) is 0 Å². The topological polar surface area (TPSA) is 71.1 Å². The van der Waals surface area contributed by atoms with E-state index < -0.39 is 12.1 Å². The molecular weight excluding hydrogens is 372 g/mol. The molecule has 0 radical (unpaired) electrons. The Kier molecular flexibility index (Phi) is 13.5. The van der Waals surface area contributed by atoms with Gasteiger partial charge < -0.3 is 18.9 Å². The fourth-order valence-electron chi connectivity index (χ4n) is 2.49. The van der Waals surface area contributed by atoms with Crippen LogP contribution in [0.25, 0.3) is 0 Å². The van der Waals surface area contributed by atoms with E-state index in [2.05, 4.69) is 6.58 Å². The van der Waals surface area contributed by atoms with E-state index in [9.17, 15) is 9.59 Å². The molecule has 0 spiro atoms. The summed E-state index contributed by atoms with van der Waals surface area (Å²) >= 11 is 0. The largest absolute Gasteiger partial charge is 0.462 e. The fourth-order valence-corrected chi connectivity index (χ4v) is 2.49. The second-order valence-corrected chi connectivity index (χ2v) is 6.74. The lowest BCUT2D eigenvalue weighted by atomic mass is 10.1. The molecule has 6 heteroatoms. The van der Waals surface area contributed by atoms with Crippen molar-refractivity contribution >= 4 is 11.9 Å². The lowest BCUT2D eigenvalue weighted by molar-refractivity contribution is -0.153. The van der Waals surface area contributed by atoms with Crippen LogP contribution < -0.4 is 0 Å². The van der Waals surface area contributed by atoms with E-state index in [0.29, 0.717) is 31.6 Å². The zero-order valence-electron chi connectivity index (χ0n) is 17.7. The molecule has 0 saturated carbocycles. The van der Waals surface area contributed by atoms with Gasteiger partial charge in [-0.1, -0.05) is 36.9 Å². The molecule has 0 aromatic heterocycles. The third-order valence-electron chi connectivity index (χ3n) is 4.10. The molecular formula is C23H34O6. The second kappa shape index (κ2) is 15.7. The van der Waals surface area contributed by atoms with Crippen LogP contribution in [0, 0.1) is 0 Å². The Morgan fingerprint density at radius 3 is 2.28 bits per heavy atom. The maximum Gasteiger partial charge on any atom is 0.333 e. The van der Waals surface area contributed by atoms with Crippen molar-refractivity contribution in [1.82, 2.24) is 0 Å². The molecule has 1 atom stereocenters. The van der Waals surface area contributed by atoms with E-state index in [1.165, 1.54) is 0 Å². The van der Waals surface area contributed by atoms with Crippen LogP contribution in [0.2, 0.25) is 0 Å². The standard InChI is InChI=1S/C23H34O6/c1-4-26-15-10-11-16-27-18-21(20-12-6-5-7-13-20)29-22(24)14-8-9-17-28-23(25)19(2)3/h5-7,12-13,21H,2,4,8-11,14-18H2,1,3H3. The third kappa shape index (κ3) is 12.1. The quantitative estimate of drug-likeness (QED) is 0.230. The van der Waals surface area contributed by atoms with Gasteiger partial charge in [0.15, 0.2) is 6.10 Å². The third-order valence-corrected chi connectivity index (χ3v) is 4.10. The number of ether oxygens (including phenoxy) is 4. The molecule has 0 N–H and O–H groups in total. The Labute approximate surface area is 174 Å². The first-order chi connectivity index (χ1) is 14.0. The SMILES string of the molecule is C=C(C)C(=O)OCCCCC(=O)OC(COCCCCOCC)c1ccccc1. The van der Waals surface area contributed by atoms with Gasteiger partial charge in [-0.2, -0.15) is 0 Å². The Bertz CT molecular complexity index is 599. The summed E-state index contributed by atoms with van der Waals surface area (Å²) in [6.07, 6.45) is 2.86. The summed E-state index contributed by atoms with van der Waals surface area (Å²) in [5.41, 5.74) is 1.28. The minimum atomic E-state index is -0.433. The summed E-state index contributed by atoms with van der Waals surface area (Å²) in [6.45, 7) is 9.75. The van der Waals surface area contributed by atoms with Gasteiger partial charge in [0.1, 0.15) is 0 Å². The van der Waals surface area contributed by atoms with Crippen LogP contribution >= 0.6 is 0 Å². The van der Waals surface area contributed by atoms with Gasteiger partial charge in [0, 0.05) is 31.8 Å². The average molecular weight is 407 g/mol. The Morgan fingerprint density at radius 2 is 1.62 bits per heavy atom. The first-order valence-electron chi connectivity index (χ1n) is 10.3. The lowest BCUT2D eigenvalue weighted by Crippen LogP contribution is -2.17. The summed E-state index contributed by atoms with van der Waals surface area (Å²) in [5, 5.41) is 0. The molecule has 0 amide bonds. The highest BCUT2D eigenvalue weighted by Crippen LogP contribution is 2.19. The monoisotopic (exact) mass is 406 g/mol. The molecule has 0 bridgehead atoms. The maximum absolute atomic E-state index is 12.2. The van der Waals surface area contributed by atoms with Crippen molar-refractivity contribution in [1.29, 1.82) is 0 Å². The summed E-state index contributed by atoms with van der Waals surface area (Å²) in [4.78, 5) is 23.5. The normalized spacial score (nSPS) is 11.7. The zero-order chi connectivity index (χ0) is 21.3. The van der Waals surface area contributed by atoms with E-state index in [4.69, 9.17) is 18.9 Å². The number of hydrogen-bond acceptors (Lipinski definition) is 6. The number of unbranched alkanes of at least 4 members (excludes halogenated alkanes) is 2. The highest BCUT2D eigenvalue weighted by atomic mass is 16.6. The van der Waals surface area contributed by atoms with Crippen LogP contribution in [0.1, 0.15) is 57.6 Å². The van der Waals surface area contributed by atoms with Gasteiger partial charge in [-0.15, -0.1) is 0 Å². The molecule has 1 rings (SSSR count). The van der Waals surface area contributed by atoms with Gasteiger partial charge in [0.2, 0.25) is 0 Å². The molecule has 0 aliphatic rings. The Hall–Kier alpha value is -2.18. The molecule has 0 fully saturated rings. The van der Waals surface area contributed by atoms with Crippen LogP contribution in [-0.4, -0.2) is 45.0 Å². The summed E-state index contributed by atoms with van der Waals surface area (Å²) in [5.74, 6) is -0.694. The van der Waals surface area contributed by atoms with Crippen molar-refractivity contribution < 1.29 is 28.5 Å². The van der Waals surface area contributed by atoms with E-state index >= 15 is 0 Å². The predicted octanol–water partition coefficient (Wildman–Crippen LogP) is 4.39. The minimum absolute atomic E-state index is 0.266. The van der Waals surface area contributed by atoms with Crippen molar-refractivity contribution in [3.05, 3.63) is 48.0 Å². The molecule has 29 heavy (non-hydrogen) atoms. The van der Waals surface area contributed by atoms with E-state index in [0.717, 1.165) is 31.6 Å². The Balaban J connectivity index is 2.34. The van der Waals surface area contributed by atoms with Crippen LogP contribution in [0.4, 0.5) is 0 Å². The van der Waals surface area contributed by atoms with Gasteiger partial charge in [0.05, 0.1) is 13.2 Å². The first-order valence-corrected chi connectivity index (χ1v) is 10.3. The number of esters is 2. The molecule has 6 nitrogen and oxygen atoms in total. The lowest BCUT2D eigenvalue weighted by Gasteiger charge is -2.18. The molecule has 0 heterocycles. The molecule has 0 saturated heterocycles. The highest BCUT2D eigenvalue weighted by molar-refractivity contribution is 5.86. The molecule has 162 valence electrons. The summed E-state index contributed by atoms with van der Waals surface area (Å²) in [6, 6.07) is 9.59. The second-order valence-electron chi connectivity index (χ2n) is 6.74. The predicted molar refractivity (Wildman–Crippen MR) is 111 cm³/mol.